The Labute approximate surface area is 160 Å². The molecule has 0 spiro atoms. The number of benzene rings is 3. The van der Waals surface area contributed by atoms with Gasteiger partial charge in [-0.3, -0.25) is 0 Å². The highest BCUT2D eigenvalue weighted by atomic mass is 32.2. The summed E-state index contributed by atoms with van der Waals surface area (Å²) in [5, 5.41) is 2.11. The van der Waals surface area contributed by atoms with Crippen molar-refractivity contribution in [2.24, 2.45) is 0 Å². The minimum atomic E-state index is -4.92. The van der Waals surface area contributed by atoms with E-state index < -0.39 is 28.6 Å². The Morgan fingerprint density at radius 1 is 0.893 bits per heavy atom. The predicted molar refractivity (Wildman–Crippen MR) is 103 cm³/mol. The normalized spacial score (nSPS) is 11.7. The number of ether oxygens (including phenoxy) is 2. The number of hydrogen-bond donors (Lipinski definition) is 0. The van der Waals surface area contributed by atoms with Crippen LogP contribution in [0.1, 0.15) is 10.4 Å². The van der Waals surface area contributed by atoms with Crippen LogP contribution in [0, 0.1) is 0 Å². The van der Waals surface area contributed by atoms with Crippen LogP contribution in [-0.2, 0) is 4.74 Å². The lowest BCUT2D eigenvalue weighted by molar-refractivity contribution is -0.274. The minimum absolute atomic E-state index is 0.270. The first kappa shape index (κ1) is 18.3. The Balaban J connectivity index is 1.99. The highest BCUT2D eigenvalue weighted by molar-refractivity contribution is 7.50. The molecule has 0 aliphatic heterocycles. The van der Waals surface area contributed by atoms with Crippen LogP contribution in [0.25, 0.3) is 25.1 Å². The number of fused-ring (bicyclic) bond motifs is 3. The van der Waals surface area contributed by atoms with Crippen LogP contribution in [0.4, 0.5) is 13.2 Å². The first-order valence-electron chi connectivity index (χ1n) is 8.30. The van der Waals surface area contributed by atoms with Gasteiger partial charge in [0.05, 0.1) is 7.11 Å². The lowest BCUT2D eigenvalue weighted by atomic mass is 10.2. The molecule has 0 amide bonds. The van der Waals surface area contributed by atoms with E-state index in [1.54, 1.807) is 6.07 Å². The predicted octanol–water partition coefficient (Wildman–Crippen LogP) is 6.42. The monoisotopic (exact) mass is 403 g/mol. The molecule has 7 heteroatoms. The molecule has 0 fully saturated rings. The van der Waals surface area contributed by atoms with Crippen molar-refractivity contribution in [2.75, 3.05) is 7.11 Å². The molecule has 0 bridgehead atoms. The fraction of sp³-hybridized carbons (Fsp3) is 0.0952. The molecule has 142 valence electrons. The van der Waals surface area contributed by atoms with Crippen LogP contribution in [0.15, 0.2) is 66.7 Å². The van der Waals surface area contributed by atoms with E-state index in [4.69, 9.17) is 0 Å². The molecule has 0 unspecified atom stereocenters. The van der Waals surface area contributed by atoms with E-state index in [0.29, 0.717) is 4.90 Å². The lowest BCUT2D eigenvalue weighted by Crippen LogP contribution is -2.19. The molecule has 1 aromatic heterocycles. The topological polar surface area (TPSA) is 35.5 Å². The standard InChI is InChI=1S/C21H14F3O3S/c1-26-20(25)16-11-10-13(12-17(16)27-21(22,23)24)28-18-8-4-2-6-14(18)15-7-3-5-9-19(15)28/h2-12H,1H3/q+1. The third-order valence-corrected chi connectivity index (χ3v) is 6.64. The Bertz CT molecular complexity index is 1140. The fourth-order valence-electron chi connectivity index (χ4n) is 3.22. The number of carbonyl (C=O) groups is 1. The molecule has 0 N–H and O–H groups in total. The highest BCUT2D eigenvalue weighted by Crippen LogP contribution is 2.49. The van der Waals surface area contributed by atoms with Crippen LogP contribution in [-0.4, -0.2) is 19.4 Å². The van der Waals surface area contributed by atoms with E-state index >= 15 is 0 Å². The summed E-state index contributed by atoms with van der Waals surface area (Å²) in [4.78, 5) is 12.5. The van der Waals surface area contributed by atoms with Gasteiger partial charge in [-0.1, -0.05) is 24.3 Å². The molecule has 0 radical (unpaired) electrons. The Morgan fingerprint density at radius 2 is 1.46 bits per heavy atom. The molecule has 0 aliphatic carbocycles. The fourth-order valence-corrected chi connectivity index (χ4v) is 5.62. The van der Waals surface area contributed by atoms with E-state index in [2.05, 4.69) is 9.47 Å². The van der Waals surface area contributed by atoms with Crippen molar-refractivity contribution in [1.29, 1.82) is 0 Å². The number of rotatable bonds is 3. The van der Waals surface area contributed by atoms with Crippen molar-refractivity contribution in [1.82, 2.24) is 0 Å². The quantitative estimate of drug-likeness (QED) is 0.293. The molecule has 1 heterocycles. The maximum Gasteiger partial charge on any atom is 0.573 e. The van der Waals surface area contributed by atoms with Crippen LogP contribution in [0.3, 0.4) is 0 Å². The van der Waals surface area contributed by atoms with Gasteiger partial charge in [0.2, 0.25) is 0 Å². The summed E-state index contributed by atoms with van der Waals surface area (Å²) in [5.74, 6) is -1.45. The lowest BCUT2D eigenvalue weighted by Gasteiger charge is -2.12. The van der Waals surface area contributed by atoms with Crippen molar-refractivity contribution >= 4 is 36.6 Å². The number of hydrogen-bond acceptors (Lipinski definition) is 3. The molecule has 3 aromatic carbocycles. The molecular formula is C21H14F3O3S+. The maximum atomic E-state index is 12.9. The van der Waals surface area contributed by atoms with E-state index in [9.17, 15) is 18.0 Å². The first-order chi connectivity index (χ1) is 13.4. The summed E-state index contributed by atoms with van der Waals surface area (Å²) in [6, 6.07) is 19.9. The summed E-state index contributed by atoms with van der Waals surface area (Å²) in [6.45, 7) is 0. The van der Waals surface area contributed by atoms with E-state index in [0.717, 1.165) is 27.3 Å². The number of methoxy groups -OCH3 is 1. The Hall–Kier alpha value is -3.06. The van der Waals surface area contributed by atoms with Crippen LogP contribution >= 0.6 is 10.5 Å². The van der Waals surface area contributed by atoms with Gasteiger partial charge in [-0.05, 0) is 36.4 Å². The van der Waals surface area contributed by atoms with E-state index in [1.165, 1.54) is 12.1 Å². The second-order valence-corrected chi connectivity index (χ2v) is 7.96. The van der Waals surface area contributed by atoms with Crippen LogP contribution in [0.5, 0.6) is 5.75 Å². The number of thiophene rings is 1. The first-order valence-corrected chi connectivity index (χ1v) is 9.52. The Kier molecular flexibility index (Phi) is 4.47. The Morgan fingerprint density at radius 3 is 2.00 bits per heavy atom. The van der Waals surface area contributed by atoms with Crippen molar-refractivity contribution in [3.8, 4) is 10.6 Å². The second kappa shape index (κ2) is 6.83. The molecule has 4 aromatic rings. The van der Waals surface area contributed by atoms with E-state index in [-0.39, 0.29) is 5.56 Å². The molecule has 28 heavy (non-hydrogen) atoms. The van der Waals surface area contributed by atoms with Crippen molar-refractivity contribution < 1.29 is 27.4 Å². The molecule has 0 saturated carbocycles. The second-order valence-electron chi connectivity index (χ2n) is 6.00. The molecule has 3 nitrogen and oxygen atoms in total. The van der Waals surface area contributed by atoms with Crippen LogP contribution < -0.4 is 4.74 Å². The van der Waals surface area contributed by atoms with Gasteiger partial charge >= 0.3 is 12.3 Å². The number of esters is 1. The SMILES string of the molecule is COC(=O)c1ccc(-[s+]2c3ccccc3c3ccccc32)cc1OC(F)(F)F. The maximum absolute atomic E-state index is 12.9. The van der Waals surface area contributed by atoms with Crippen molar-refractivity contribution in [3.05, 3.63) is 72.3 Å². The third-order valence-electron chi connectivity index (χ3n) is 4.32. The van der Waals surface area contributed by atoms with Gasteiger partial charge in [-0.15, -0.1) is 13.2 Å². The largest absolute Gasteiger partial charge is 0.573 e. The summed E-state index contributed by atoms with van der Waals surface area (Å²) >= 11 is 0. The average molecular weight is 403 g/mol. The zero-order valence-electron chi connectivity index (χ0n) is 14.6. The van der Waals surface area contributed by atoms with Gasteiger partial charge in [0.1, 0.15) is 11.3 Å². The average Bonchev–Trinajstić information content (AvgIpc) is 3.00. The van der Waals surface area contributed by atoms with Gasteiger partial charge in [0, 0.05) is 27.3 Å². The molecular weight excluding hydrogens is 389 g/mol. The summed E-state index contributed by atoms with van der Waals surface area (Å²) < 4.78 is 49.5. The highest BCUT2D eigenvalue weighted by Gasteiger charge is 2.34. The summed E-state index contributed by atoms with van der Waals surface area (Å²) in [5.41, 5.74) is -0.270. The molecule has 0 saturated heterocycles. The number of halogens is 3. The van der Waals surface area contributed by atoms with Gasteiger partial charge in [0.15, 0.2) is 14.3 Å². The molecule has 4 rings (SSSR count). The van der Waals surface area contributed by atoms with Crippen molar-refractivity contribution in [3.63, 3.8) is 0 Å². The molecule has 0 aliphatic rings. The van der Waals surface area contributed by atoms with Gasteiger partial charge in [0.25, 0.3) is 0 Å². The zero-order chi connectivity index (χ0) is 19.9. The van der Waals surface area contributed by atoms with Crippen molar-refractivity contribution in [2.45, 2.75) is 6.36 Å². The van der Waals surface area contributed by atoms with Gasteiger partial charge in [-0.25, -0.2) is 4.79 Å². The van der Waals surface area contributed by atoms with Gasteiger partial charge < -0.3 is 9.47 Å². The zero-order valence-corrected chi connectivity index (χ0v) is 15.4. The van der Waals surface area contributed by atoms with Gasteiger partial charge in [-0.2, -0.15) is 0 Å². The number of carbonyl (C=O) groups excluding carboxylic acids is 1. The van der Waals surface area contributed by atoms with Crippen LogP contribution in [0.2, 0.25) is 0 Å². The summed E-state index contributed by atoms with van der Waals surface area (Å²) in [7, 11) is 0.508. The third kappa shape index (κ3) is 3.18. The molecule has 0 atom stereocenters. The minimum Gasteiger partial charge on any atom is -0.465 e. The number of alkyl halides is 3. The van der Waals surface area contributed by atoms with E-state index in [1.807, 2.05) is 48.5 Å². The smallest absolute Gasteiger partial charge is 0.465 e. The summed E-state index contributed by atoms with van der Waals surface area (Å²) in [6.07, 6.45) is -4.92.